The number of hydrogen-bond acceptors (Lipinski definition) is 8. The van der Waals surface area contributed by atoms with E-state index in [0.29, 0.717) is 28.3 Å². The van der Waals surface area contributed by atoms with E-state index in [1.807, 2.05) is 12.1 Å². The van der Waals surface area contributed by atoms with Crippen molar-refractivity contribution in [2.45, 2.75) is 43.4 Å². The van der Waals surface area contributed by atoms with Gasteiger partial charge in [0.2, 0.25) is 0 Å². The Bertz CT molecular complexity index is 1090. The van der Waals surface area contributed by atoms with Crippen molar-refractivity contribution in [1.29, 1.82) is 0 Å². The summed E-state index contributed by atoms with van der Waals surface area (Å²) in [4.78, 5) is 8.22. The van der Waals surface area contributed by atoms with Crippen LogP contribution in [0.25, 0.3) is 11.0 Å². The Balaban J connectivity index is 1.51. The molecule has 30 heavy (non-hydrogen) atoms. The van der Waals surface area contributed by atoms with Crippen LogP contribution >= 0.6 is 11.6 Å². The highest BCUT2D eigenvalue weighted by atomic mass is 35.5. The maximum absolute atomic E-state index is 10.9. The zero-order valence-corrected chi connectivity index (χ0v) is 16.8. The average Bonchev–Trinajstić information content (AvgIpc) is 3.29. The standard InChI is InChI=1S/C20H21ClN4O5/c1-28-13-7-9-6-10(21)2-3-11(9)16(29-13)17-14(26)15(27)20(30-17)25-5-4-12-18(22)23-8-24-19(12)25/h2-6,8,13-17,20,26-27H,7H2,1H3,(H2,22,23,24)/t13?,14-,15+,16+,17-,20+/m0/s1. The number of anilines is 1. The van der Waals surface area contributed by atoms with Gasteiger partial charge in [-0.1, -0.05) is 17.7 Å². The van der Waals surface area contributed by atoms with Crippen LogP contribution in [0.3, 0.4) is 0 Å². The van der Waals surface area contributed by atoms with E-state index in [1.54, 1.807) is 30.0 Å². The van der Waals surface area contributed by atoms with Crippen molar-refractivity contribution in [3.05, 3.63) is 52.9 Å². The third kappa shape index (κ3) is 3.06. The minimum atomic E-state index is -1.20. The predicted octanol–water partition coefficient (Wildman–Crippen LogP) is 1.57. The molecule has 1 saturated heterocycles. The topological polar surface area (TPSA) is 125 Å². The highest BCUT2D eigenvalue weighted by molar-refractivity contribution is 6.30. The van der Waals surface area contributed by atoms with E-state index in [4.69, 9.17) is 31.5 Å². The first-order valence-corrected chi connectivity index (χ1v) is 9.91. The summed E-state index contributed by atoms with van der Waals surface area (Å²) >= 11 is 6.16. The van der Waals surface area contributed by atoms with Crippen molar-refractivity contribution in [3.8, 4) is 0 Å². The van der Waals surface area contributed by atoms with E-state index in [0.717, 1.165) is 11.1 Å². The molecule has 0 bridgehead atoms. The third-order valence-electron chi connectivity index (χ3n) is 5.75. The number of fused-ring (bicyclic) bond motifs is 2. The molecule has 0 saturated carbocycles. The molecule has 10 heteroatoms. The molecule has 2 aliphatic heterocycles. The summed E-state index contributed by atoms with van der Waals surface area (Å²) in [7, 11) is 1.55. The van der Waals surface area contributed by atoms with Crippen molar-refractivity contribution in [3.63, 3.8) is 0 Å². The lowest BCUT2D eigenvalue weighted by Crippen LogP contribution is -2.40. The van der Waals surface area contributed by atoms with Crippen molar-refractivity contribution >= 4 is 28.5 Å². The van der Waals surface area contributed by atoms with Gasteiger partial charge in [0.1, 0.15) is 42.2 Å². The molecular weight excluding hydrogens is 412 g/mol. The smallest absolute Gasteiger partial charge is 0.164 e. The lowest BCUT2D eigenvalue weighted by molar-refractivity contribution is -0.206. The minimum absolute atomic E-state index is 0.327. The molecule has 6 atom stereocenters. The number of nitrogens with two attached hydrogens (primary N) is 1. The van der Waals surface area contributed by atoms with Crippen LogP contribution in [0.5, 0.6) is 0 Å². The Morgan fingerprint density at radius 2 is 2.03 bits per heavy atom. The van der Waals surface area contributed by atoms with Crippen LogP contribution in [-0.2, 0) is 20.6 Å². The van der Waals surface area contributed by atoms with E-state index >= 15 is 0 Å². The number of halogens is 1. The van der Waals surface area contributed by atoms with E-state index in [1.165, 1.54) is 6.33 Å². The normalized spacial score (nSPS) is 31.2. The van der Waals surface area contributed by atoms with Crippen LogP contribution < -0.4 is 5.73 Å². The fraction of sp³-hybridized carbons (Fsp3) is 0.400. The Hall–Kier alpha value is -2.27. The number of nitrogens with zero attached hydrogens (tertiary/aromatic N) is 3. The summed E-state index contributed by atoms with van der Waals surface area (Å²) in [6, 6.07) is 7.21. The molecule has 4 N–H and O–H groups in total. The Morgan fingerprint density at radius 1 is 1.20 bits per heavy atom. The SMILES string of the molecule is COC1Cc2cc(Cl)ccc2[C@H]([C@H]2O[C@@H](n3ccc4c(N)ncnc43)[C@H](O)[C@@H]2O)O1. The number of rotatable bonds is 3. The van der Waals surface area contributed by atoms with Gasteiger partial charge in [0.25, 0.3) is 0 Å². The molecule has 158 valence electrons. The summed E-state index contributed by atoms with van der Waals surface area (Å²) in [5.74, 6) is 0.327. The van der Waals surface area contributed by atoms with Crippen LogP contribution in [0.1, 0.15) is 23.5 Å². The number of nitrogen functional groups attached to an aromatic ring is 1. The molecule has 0 spiro atoms. The summed E-state index contributed by atoms with van der Waals surface area (Å²) in [5, 5.41) is 22.9. The molecule has 1 fully saturated rings. The molecule has 2 aromatic heterocycles. The largest absolute Gasteiger partial charge is 0.387 e. The molecule has 1 unspecified atom stereocenters. The molecular formula is C20H21ClN4O5. The second kappa shape index (κ2) is 7.45. The predicted molar refractivity (Wildman–Crippen MR) is 108 cm³/mol. The van der Waals surface area contributed by atoms with Gasteiger partial charge >= 0.3 is 0 Å². The van der Waals surface area contributed by atoms with Gasteiger partial charge in [-0.3, -0.25) is 0 Å². The van der Waals surface area contributed by atoms with Crippen molar-refractivity contribution < 1.29 is 24.4 Å². The fourth-order valence-electron chi connectivity index (χ4n) is 4.25. The molecule has 4 heterocycles. The van der Waals surface area contributed by atoms with Crippen molar-refractivity contribution in [1.82, 2.24) is 14.5 Å². The molecule has 2 aliphatic rings. The summed E-state index contributed by atoms with van der Waals surface area (Å²) in [5.41, 5.74) is 8.21. The van der Waals surface area contributed by atoms with Gasteiger partial charge in [-0.15, -0.1) is 0 Å². The number of aromatic nitrogens is 3. The first-order valence-electron chi connectivity index (χ1n) is 9.53. The van der Waals surface area contributed by atoms with Crippen molar-refractivity contribution in [2.24, 2.45) is 0 Å². The molecule has 0 radical (unpaired) electrons. The van der Waals surface area contributed by atoms with Gasteiger partial charge < -0.3 is 34.7 Å². The van der Waals surface area contributed by atoms with Gasteiger partial charge in [0, 0.05) is 24.8 Å². The quantitative estimate of drug-likeness (QED) is 0.569. The fourth-order valence-corrected chi connectivity index (χ4v) is 4.44. The number of aliphatic hydroxyl groups excluding tert-OH is 2. The minimum Gasteiger partial charge on any atom is -0.387 e. The van der Waals surface area contributed by atoms with Gasteiger partial charge in [0.05, 0.1) is 5.39 Å². The second-order valence-corrected chi connectivity index (χ2v) is 7.90. The third-order valence-corrected chi connectivity index (χ3v) is 5.98. The van der Waals surface area contributed by atoms with Gasteiger partial charge in [-0.2, -0.15) is 0 Å². The van der Waals surface area contributed by atoms with E-state index in [2.05, 4.69) is 9.97 Å². The molecule has 0 amide bonds. The average molecular weight is 433 g/mol. The summed E-state index contributed by atoms with van der Waals surface area (Å²) in [6.07, 6.45) is -1.71. The van der Waals surface area contributed by atoms with E-state index < -0.39 is 36.9 Å². The monoisotopic (exact) mass is 432 g/mol. The lowest BCUT2D eigenvalue weighted by Gasteiger charge is -2.35. The molecule has 1 aromatic carbocycles. The molecule has 3 aromatic rings. The zero-order valence-electron chi connectivity index (χ0n) is 16.1. The summed E-state index contributed by atoms with van der Waals surface area (Å²) < 4.78 is 19.3. The van der Waals surface area contributed by atoms with Gasteiger partial charge in [0.15, 0.2) is 12.5 Å². The highest BCUT2D eigenvalue weighted by Crippen LogP contribution is 2.43. The second-order valence-electron chi connectivity index (χ2n) is 7.46. The van der Waals surface area contributed by atoms with Gasteiger partial charge in [-0.25, -0.2) is 9.97 Å². The van der Waals surface area contributed by atoms with E-state index in [9.17, 15) is 10.2 Å². The van der Waals surface area contributed by atoms with Crippen LogP contribution in [0.4, 0.5) is 5.82 Å². The Labute approximate surface area is 177 Å². The first kappa shape index (κ1) is 19.7. The first-order chi connectivity index (χ1) is 14.5. The van der Waals surface area contributed by atoms with Crippen LogP contribution in [0, 0.1) is 0 Å². The number of aliphatic hydroxyl groups is 2. The number of benzene rings is 1. The van der Waals surface area contributed by atoms with Crippen LogP contribution in [-0.4, -0.2) is 56.5 Å². The molecule has 0 aliphatic carbocycles. The van der Waals surface area contributed by atoms with Crippen LogP contribution in [0.2, 0.25) is 5.02 Å². The molecule has 9 nitrogen and oxygen atoms in total. The Kier molecular flexibility index (Phi) is 4.89. The Morgan fingerprint density at radius 3 is 2.83 bits per heavy atom. The zero-order chi connectivity index (χ0) is 21.0. The summed E-state index contributed by atoms with van der Waals surface area (Å²) in [6.45, 7) is 0. The number of hydrogen-bond donors (Lipinski definition) is 3. The maximum Gasteiger partial charge on any atom is 0.164 e. The van der Waals surface area contributed by atoms with E-state index in [-0.39, 0.29) is 0 Å². The highest BCUT2D eigenvalue weighted by Gasteiger charge is 2.50. The lowest BCUT2D eigenvalue weighted by atomic mass is 9.91. The maximum atomic E-state index is 10.9. The number of ether oxygens (including phenoxy) is 3. The van der Waals surface area contributed by atoms with Crippen LogP contribution in [0.15, 0.2) is 36.8 Å². The number of methoxy groups -OCH3 is 1. The van der Waals surface area contributed by atoms with Gasteiger partial charge in [-0.05, 0) is 29.3 Å². The molecule has 5 rings (SSSR count). The van der Waals surface area contributed by atoms with Crippen molar-refractivity contribution in [2.75, 3.05) is 12.8 Å².